The highest BCUT2D eigenvalue weighted by Gasteiger charge is 2.24. The van der Waals surface area contributed by atoms with E-state index in [4.69, 9.17) is 0 Å². The van der Waals surface area contributed by atoms with E-state index in [2.05, 4.69) is 29.8 Å². The molecular formula is C20H33N3O2. The van der Waals surface area contributed by atoms with E-state index in [-0.39, 0.29) is 17.9 Å². The number of nitrogens with one attached hydrogen (secondary N) is 3. The number of hydrogen-bond donors (Lipinski definition) is 3. The van der Waals surface area contributed by atoms with Crippen LogP contribution in [0.1, 0.15) is 53.4 Å². The van der Waals surface area contributed by atoms with Crippen LogP contribution < -0.4 is 16.0 Å². The first kappa shape index (κ1) is 21.0. The van der Waals surface area contributed by atoms with Gasteiger partial charge in [0.2, 0.25) is 5.91 Å². The Balaban J connectivity index is 2.54. The predicted octanol–water partition coefficient (Wildman–Crippen LogP) is 4.17. The SMILES string of the molecule is CCCCC(CC)CNC(=O)C(NC(=O)Nc1ccccc1)C(C)C. The van der Waals surface area contributed by atoms with E-state index in [0.717, 1.165) is 12.8 Å². The Morgan fingerprint density at radius 1 is 1.08 bits per heavy atom. The average molecular weight is 348 g/mol. The largest absolute Gasteiger partial charge is 0.354 e. The van der Waals surface area contributed by atoms with Crippen molar-refractivity contribution in [1.82, 2.24) is 10.6 Å². The Bertz CT molecular complexity index is 517. The molecule has 0 aliphatic carbocycles. The molecule has 25 heavy (non-hydrogen) atoms. The molecule has 2 atom stereocenters. The third-order valence-corrected chi connectivity index (χ3v) is 4.38. The van der Waals surface area contributed by atoms with Gasteiger partial charge in [-0.15, -0.1) is 0 Å². The molecule has 0 saturated carbocycles. The maximum absolute atomic E-state index is 12.5. The molecule has 0 aliphatic rings. The van der Waals surface area contributed by atoms with Gasteiger partial charge in [0.25, 0.3) is 0 Å². The number of anilines is 1. The first-order chi connectivity index (χ1) is 12.0. The first-order valence-corrected chi connectivity index (χ1v) is 9.38. The van der Waals surface area contributed by atoms with Crippen LogP contribution in [0.15, 0.2) is 30.3 Å². The monoisotopic (exact) mass is 347 g/mol. The minimum atomic E-state index is -0.549. The minimum Gasteiger partial charge on any atom is -0.354 e. The Morgan fingerprint density at radius 2 is 1.76 bits per heavy atom. The highest BCUT2D eigenvalue weighted by Crippen LogP contribution is 2.12. The molecule has 2 unspecified atom stereocenters. The van der Waals surface area contributed by atoms with Gasteiger partial charge in [-0.2, -0.15) is 0 Å². The van der Waals surface area contributed by atoms with Crippen LogP contribution in [-0.4, -0.2) is 24.5 Å². The van der Waals surface area contributed by atoms with Gasteiger partial charge in [-0.3, -0.25) is 4.79 Å². The van der Waals surface area contributed by atoms with Gasteiger partial charge in [0, 0.05) is 12.2 Å². The zero-order valence-electron chi connectivity index (χ0n) is 16.0. The summed E-state index contributed by atoms with van der Waals surface area (Å²) < 4.78 is 0. The molecule has 1 aromatic carbocycles. The van der Waals surface area contributed by atoms with E-state index in [1.165, 1.54) is 12.8 Å². The van der Waals surface area contributed by atoms with Crippen LogP contribution in [-0.2, 0) is 4.79 Å². The Hall–Kier alpha value is -2.04. The average Bonchev–Trinajstić information content (AvgIpc) is 2.60. The molecule has 3 amide bonds. The Kier molecular flexibility index (Phi) is 9.66. The van der Waals surface area contributed by atoms with E-state index in [0.29, 0.717) is 18.2 Å². The molecule has 0 aromatic heterocycles. The number of hydrogen-bond acceptors (Lipinski definition) is 2. The van der Waals surface area contributed by atoms with Crippen molar-refractivity contribution < 1.29 is 9.59 Å². The third kappa shape index (κ3) is 8.05. The maximum Gasteiger partial charge on any atom is 0.319 e. The van der Waals surface area contributed by atoms with Gasteiger partial charge in [-0.05, 0) is 30.4 Å². The molecule has 0 bridgehead atoms. The molecule has 0 aliphatic heterocycles. The first-order valence-electron chi connectivity index (χ1n) is 9.38. The van der Waals surface area contributed by atoms with Crippen LogP contribution in [0.25, 0.3) is 0 Å². The molecule has 5 heteroatoms. The summed E-state index contributed by atoms with van der Waals surface area (Å²) >= 11 is 0. The van der Waals surface area contributed by atoms with Gasteiger partial charge in [0.15, 0.2) is 0 Å². The van der Waals surface area contributed by atoms with Crippen LogP contribution in [0.2, 0.25) is 0 Å². The van der Waals surface area contributed by atoms with Gasteiger partial charge in [-0.25, -0.2) is 4.79 Å². The van der Waals surface area contributed by atoms with E-state index in [9.17, 15) is 9.59 Å². The maximum atomic E-state index is 12.5. The van der Waals surface area contributed by atoms with Gasteiger partial charge in [0.1, 0.15) is 6.04 Å². The van der Waals surface area contributed by atoms with Crippen molar-refractivity contribution in [3.63, 3.8) is 0 Å². The Morgan fingerprint density at radius 3 is 2.32 bits per heavy atom. The summed E-state index contributed by atoms with van der Waals surface area (Å²) in [5.74, 6) is 0.389. The summed E-state index contributed by atoms with van der Waals surface area (Å²) in [7, 11) is 0. The van der Waals surface area contributed by atoms with Crippen LogP contribution >= 0.6 is 0 Å². The molecule has 5 nitrogen and oxygen atoms in total. The van der Waals surface area contributed by atoms with Crippen molar-refractivity contribution in [2.45, 2.75) is 59.4 Å². The molecule has 0 saturated heterocycles. The van der Waals surface area contributed by atoms with Crippen LogP contribution in [0.4, 0.5) is 10.5 Å². The summed E-state index contributed by atoms with van der Waals surface area (Å²) in [6, 6.07) is 8.29. The van der Waals surface area contributed by atoms with Crippen molar-refractivity contribution in [3.05, 3.63) is 30.3 Å². The van der Waals surface area contributed by atoms with Gasteiger partial charge in [-0.1, -0.05) is 65.2 Å². The third-order valence-electron chi connectivity index (χ3n) is 4.38. The van der Waals surface area contributed by atoms with Crippen LogP contribution in [0.3, 0.4) is 0 Å². The second-order valence-corrected chi connectivity index (χ2v) is 6.85. The number of unbranched alkanes of at least 4 members (excludes halogenated alkanes) is 1. The number of urea groups is 1. The molecule has 1 rings (SSSR count). The molecule has 0 heterocycles. The molecule has 3 N–H and O–H groups in total. The van der Waals surface area contributed by atoms with Crippen molar-refractivity contribution >= 4 is 17.6 Å². The lowest BCUT2D eigenvalue weighted by Gasteiger charge is -2.23. The zero-order chi connectivity index (χ0) is 18.7. The number of para-hydroxylation sites is 1. The highest BCUT2D eigenvalue weighted by atomic mass is 16.2. The van der Waals surface area contributed by atoms with Crippen LogP contribution in [0.5, 0.6) is 0 Å². The van der Waals surface area contributed by atoms with Crippen molar-refractivity contribution in [2.24, 2.45) is 11.8 Å². The lowest BCUT2D eigenvalue weighted by molar-refractivity contribution is -0.124. The summed E-state index contributed by atoms with van der Waals surface area (Å²) in [5, 5.41) is 8.56. The summed E-state index contributed by atoms with van der Waals surface area (Å²) in [5.41, 5.74) is 0.702. The lowest BCUT2D eigenvalue weighted by atomic mass is 9.98. The van der Waals surface area contributed by atoms with Crippen LogP contribution in [0, 0.1) is 11.8 Å². The highest BCUT2D eigenvalue weighted by molar-refractivity contribution is 5.93. The van der Waals surface area contributed by atoms with E-state index >= 15 is 0 Å². The van der Waals surface area contributed by atoms with Crippen molar-refractivity contribution in [3.8, 4) is 0 Å². The minimum absolute atomic E-state index is 0.0113. The topological polar surface area (TPSA) is 70.2 Å². The van der Waals surface area contributed by atoms with Gasteiger partial charge in [0.05, 0.1) is 0 Å². The second kappa shape index (κ2) is 11.5. The fraction of sp³-hybridized carbons (Fsp3) is 0.600. The van der Waals surface area contributed by atoms with E-state index in [1.54, 1.807) is 0 Å². The fourth-order valence-corrected chi connectivity index (χ4v) is 2.66. The molecule has 1 aromatic rings. The standard InChI is InChI=1S/C20H33N3O2/c1-5-7-11-16(6-2)14-21-19(24)18(15(3)4)23-20(25)22-17-12-9-8-10-13-17/h8-10,12-13,15-16,18H,5-7,11,14H2,1-4H3,(H,21,24)(H2,22,23,25). The summed E-state index contributed by atoms with van der Waals surface area (Å²) in [6.07, 6.45) is 4.52. The van der Waals surface area contributed by atoms with Crippen molar-refractivity contribution in [2.75, 3.05) is 11.9 Å². The second-order valence-electron chi connectivity index (χ2n) is 6.85. The molecule has 0 radical (unpaired) electrons. The lowest BCUT2D eigenvalue weighted by Crippen LogP contribution is -2.51. The smallest absolute Gasteiger partial charge is 0.319 e. The van der Waals surface area contributed by atoms with Gasteiger partial charge < -0.3 is 16.0 Å². The number of rotatable bonds is 10. The molecule has 140 valence electrons. The number of carbonyl (C=O) groups excluding carboxylic acids is 2. The normalized spacial score (nSPS) is 13.2. The Labute approximate surface area is 152 Å². The summed E-state index contributed by atoms with van der Waals surface area (Å²) in [6.45, 7) is 8.86. The predicted molar refractivity (Wildman–Crippen MR) is 104 cm³/mol. The molecular weight excluding hydrogens is 314 g/mol. The summed E-state index contributed by atoms with van der Waals surface area (Å²) in [4.78, 5) is 24.7. The zero-order valence-corrected chi connectivity index (χ0v) is 16.0. The van der Waals surface area contributed by atoms with E-state index in [1.807, 2.05) is 44.2 Å². The fourth-order valence-electron chi connectivity index (χ4n) is 2.66. The molecule has 0 fully saturated rings. The number of benzene rings is 1. The van der Waals surface area contributed by atoms with Gasteiger partial charge >= 0.3 is 6.03 Å². The molecule has 0 spiro atoms. The quantitative estimate of drug-likeness (QED) is 0.594. The van der Waals surface area contributed by atoms with Crippen molar-refractivity contribution in [1.29, 1.82) is 0 Å². The van der Waals surface area contributed by atoms with E-state index < -0.39 is 6.04 Å². The number of amides is 3. The number of carbonyl (C=O) groups is 2.